The van der Waals surface area contributed by atoms with Gasteiger partial charge in [-0.25, -0.2) is 0 Å². The van der Waals surface area contributed by atoms with Crippen molar-refractivity contribution in [3.8, 4) is 12.3 Å². The van der Waals surface area contributed by atoms with Crippen LogP contribution in [-0.2, 0) is 13.0 Å². The molecule has 1 N–H and O–H groups in total. The lowest BCUT2D eigenvalue weighted by atomic mass is 10.3. The van der Waals surface area contributed by atoms with E-state index in [0.717, 1.165) is 13.0 Å². The van der Waals surface area contributed by atoms with Crippen molar-refractivity contribution >= 4 is 11.3 Å². The molecule has 1 atom stereocenters. The summed E-state index contributed by atoms with van der Waals surface area (Å²) >= 11 is 1.85. The van der Waals surface area contributed by atoms with Crippen LogP contribution in [-0.4, -0.2) is 6.04 Å². The van der Waals surface area contributed by atoms with Gasteiger partial charge in [-0.1, -0.05) is 12.8 Å². The van der Waals surface area contributed by atoms with Gasteiger partial charge in [-0.2, -0.15) is 0 Å². The van der Waals surface area contributed by atoms with Gasteiger partial charge in [0.2, 0.25) is 0 Å². The second kappa shape index (κ2) is 5.06. The minimum atomic E-state index is 0.159. The molecule has 70 valence electrons. The molecule has 0 radical (unpaired) electrons. The van der Waals surface area contributed by atoms with Crippen molar-refractivity contribution in [3.05, 3.63) is 21.9 Å². The van der Waals surface area contributed by atoms with E-state index in [1.54, 1.807) is 0 Å². The van der Waals surface area contributed by atoms with E-state index in [4.69, 9.17) is 6.42 Å². The smallest absolute Gasteiger partial charge is 0.0661 e. The molecule has 0 aliphatic heterocycles. The van der Waals surface area contributed by atoms with E-state index in [1.165, 1.54) is 9.75 Å². The summed E-state index contributed by atoms with van der Waals surface area (Å²) in [6, 6.07) is 4.51. The van der Waals surface area contributed by atoms with Crippen molar-refractivity contribution in [1.29, 1.82) is 0 Å². The predicted molar refractivity (Wildman–Crippen MR) is 58.8 cm³/mol. The Morgan fingerprint density at radius 2 is 2.23 bits per heavy atom. The number of aryl methyl sites for hydroxylation is 1. The van der Waals surface area contributed by atoms with Crippen molar-refractivity contribution in [2.24, 2.45) is 0 Å². The van der Waals surface area contributed by atoms with Crippen molar-refractivity contribution in [3.63, 3.8) is 0 Å². The fourth-order valence-corrected chi connectivity index (χ4v) is 1.93. The van der Waals surface area contributed by atoms with Gasteiger partial charge in [-0.05, 0) is 25.5 Å². The predicted octanol–water partition coefficient (Wildman–Crippen LogP) is 2.42. The van der Waals surface area contributed by atoms with Gasteiger partial charge in [-0.15, -0.1) is 17.8 Å². The lowest BCUT2D eigenvalue weighted by Gasteiger charge is -2.04. The Labute approximate surface area is 84.2 Å². The van der Waals surface area contributed by atoms with Crippen LogP contribution in [0, 0.1) is 12.3 Å². The van der Waals surface area contributed by atoms with E-state index in [2.05, 4.69) is 30.3 Å². The van der Waals surface area contributed by atoms with Gasteiger partial charge in [0, 0.05) is 16.3 Å². The van der Waals surface area contributed by atoms with E-state index in [0.29, 0.717) is 0 Å². The number of thiophene rings is 1. The minimum Gasteiger partial charge on any atom is -0.299 e. The topological polar surface area (TPSA) is 12.0 Å². The zero-order chi connectivity index (χ0) is 9.68. The molecule has 13 heavy (non-hydrogen) atoms. The zero-order valence-electron chi connectivity index (χ0n) is 8.13. The number of terminal acetylenes is 1. The number of hydrogen-bond donors (Lipinski definition) is 1. The highest BCUT2D eigenvalue weighted by Crippen LogP contribution is 2.16. The Morgan fingerprint density at radius 3 is 2.77 bits per heavy atom. The number of rotatable bonds is 4. The van der Waals surface area contributed by atoms with E-state index in [1.807, 2.05) is 18.3 Å². The Balaban J connectivity index is 2.42. The second-order valence-corrected chi connectivity index (χ2v) is 4.24. The lowest BCUT2D eigenvalue weighted by molar-refractivity contribution is 0.654. The van der Waals surface area contributed by atoms with Gasteiger partial charge >= 0.3 is 0 Å². The van der Waals surface area contributed by atoms with Crippen LogP contribution in [0.1, 0.15) is 23.6 Å². The van der Waals surface area contributed by atoms with Crippen molar-refractivity contribution < 1.29 is 0 Å². The molecule has 0 bridgehead atoms. The molecule has 1 aromatic heterocycles. The largest absolute Gasteiger partial charge is 0.299 e. The number of nitrogens with one attached hydrogen (secondary N) is 1. The molecule has 0 saturated carbocycles. The molecule has 1 rings (SSSR count). The summed E-state index contributed by atoms with van der Waals surface area (Å²) < 4.78 is 0. The molecule has 0 amide bonds. The first kappa shape index (κ1) is 10.3. The molecule has 2 heteroatoms. The van der Waals surface area contributed by atoms with Crippen LogP contribution in [0.3, 0.4) is 0 Å². The first-order valence-electron chi connectivity index (χ1n) is 4.53. The van der Waals surface area contributed by atoms with Crippen LogP contribution < -0.4 is 5.32 Å². The number of hydrogen-bond acceptors (Lipinski definition) is 2. The average Bonchev–Trinajstić information content (AvgIpc) is 2.61. The van der Waals surface area contributed by atoms with Crippen LogP contribution >= 0.6 is 11.3 Å². The van der Waals surface area contributed by atoms with Crippen molar-refractivity contribution in [2.45, 2.75) is 32.9 Å². The highest BCUT2D eigenvalue weighted by atomic mass is 32.1. The van der Waals surface area contributed by atoms with E-state index in [-0.39, 0.29) is 6.04 Å². The molecule has 1 nitrogen and oxygen atoms in total. The maximum atomic E-state index is 5.26. The quantitative estimate of drug-likeness (QED) is 0.724. The molecule has 0 aliphatic rings. The Hall–Kier alpha value is -0.780. The van der Waals surface area contributed by atoms with Crippen molar-refractivity contribution in [1.82, 2.24) is 5.32 Å². The molecule has 1 heterocycles. The van der Waals surface area contributed by atoms with Crippen LogP contribution in [0.25, 0.3) is 0 Å². The average molecular weight is 193 g/mol. The molecule has 1 unspecified atom stereocenters. The summed E-state index contributed by atoms with van der Waals surface area (Å²) in [6.45, 7) is 5.05. The summed E-state index contributed by atoms with van der Waals surface area (Å²) in [5.74, 6) is 2.65. The molecular formula is C11H15NS. The van der Waals surface area contributed by atoms with Crippen LogP contribution in [0.4, 0.5) is 0 Å². The van der Waals surface area contributed by atoms with Crippen LogP contribution in [0.5, 0.6) is 0 Å². The molecule has 0 spiro atoms. The molecule has 0 saturated heterocycles. The van der Waals surface area contributed by atoms with Crippen molar-refractivity contribution in [2.75, 3.05) is 0 Å². The molecule has 0 aromatic carbocycles. The summed E-state index contributed by atoms with van der Waals surface area (Å²) in [5, 5.41) is 3.26. The lowest BCUT2D eigenvalue weighted by Crippen LogP contribution is -2.22. The van der Waals surface area contributed by atoms with Gasteiger partial charge in [0.25, 0.3) is 0 Å². The second-order valence-electron chi connectivity index (χ2n) is 2.99. The summed E-state index contributed by atoms with van der Waals surface area (Å²) in [7, 11) is 0. The molecular weight excluding hydrogens is 178 g/mol. The first-order valence-corrected chi connectivity index (χ1v) is 5.35. The van der Waals surface area contributed by atoms with E-state index < -0.39 is 0 Å². The zero-order valence-corrected chi connectivity index (χ0v) is 8.95. The van der Waals surface area contributed by atoms with Gasteiger partial charge in [0.15, 0.2) is 0 Å². The monoisotopic (exact) mass is 193 g/mol. The van der Waals surface area contributed by atoms with E-state index >= 15 is 0 Å². The van der Waals surface area contributed by atoms with Gasteiger partial charge < -0.3 is 0 Å². The van der Waals surface area contributed by atoms with Gasteiger partial charge in [0.05, 0.1) is 6.04 Å². The van der Waals surface area contributed by atoms with Crippen LogP contribution in [0.2, 0.25) is 0 Å². The standard InChI is InChI=1S/C11H15NS/c1-4-9(3)12-8-11-7-6-10(5-2)13-11/h1,6-7,9,12H,5,8H2,2-3H3. The maximum absolute atomic E-state index is 5.26. The van der Waals surface area contributed by atoms with Gasteiger partial charge in [0.1, 0.15) is 0 Å². The normalized spacial score (nSPS) is 12.4. The van der Waals surface area contributed by atoms with Gasteiger partial charge in [-0.3, -0.25) is 5.32 Å². The van der Waals surface area contributed by atoms with Crippen LogP contribution in [0.15, 0.2) is 12.1 Å². The highest BCUT2D eigenvalue weighted by molar-refractivity contribution is 7.11. The third-order valence-corrected chi connectivity index (χ3v) is 3.13. The Bertz CT molecular complexity index is 295. The fourth-order valence-electron chi connectivity index (χ4n) is 1.02. The SMILES string of the molecule is C#CC(C)NCc1ccc(CC)s1. The summed E-state index contributed by atoms with van der Waals surface area (Å²) in [6.07, 6.45) is 6.38. The summed E-state index contributed by atoms with van der Waals surface area (Å²) in [5.41, 5.74) is 0. The summed E-state index contributed by atoms with van der Waals surface area (Å²) in [4.78, 5) is 2.80. The fraction of sp³-hybridized carbons (Fsp3) is 0.455. The maximum Gasteiger partial charge on any atom is 0.0661 e. The molecule has 0 aliphatic carbocycles. The first-order chi connectivity index (χ1) is 6.26. The molecule has 1 aromatic rings. The Kier molecular flexibility index (Phi) is 4.01. The Morgan fingerprint density at radius 1 is 1.54 bits per heavy atom. The molecule has 0 fully saturated rings. The third-order valence-electron chi connectivity index (χ3n) is 1.90. The third kappa shape index (κ3) is 3.22. The highest BCUT2D eigenvalue weighted by Gasteiger charge is 1.99. The minimum absolute atomic E-state index is 0.159. The van der Waals surface area contributed by atoms with E-state index in [9.17, 15) is 0 Å².